The van der Waals surface area contributed by atoms with Crippen LogP contribution in [0.15, 0.2) is 24.3 Å². The summed E-state index contributed by atoms with van der Waals surface area (Å²) >= 11 is 12.9. The lowest BCUT2D eigenvalue weighted by Gasteiger charge is -2.09. The third-order valence-electron chi connectivity index (χ3n) is 2.80. The van der Waals surface area contributed by atoms with Gasteiger partial charge in [0, 0.05) is 10.9 Å². The van der Waals surface area contributed by atoms with Crippen LogP contribution in [-0.4, -0.2) is 23.1 Å². The first-order chi connectivity index (χ1) is 10.8. The first-order valence-corrected chi connectivity index (χ1v) is 8.25. The normalized spacial score (nSPS) is 10.7. The number of hydrogen-bond acceptors (Lipinski definition) is 3. The Hall–Kier alpha value is -1.76. The summed E-state index contributed by atoms with van der Waals surface area (Å²) in [5.41, 5.74) is 0.964. The van der Waals surface area contributed by atoms with E-state index in [1.54, 1.807) is 24.3 Å². The van der Waals surface area contributed by atoms with Gasteiger partial charge in [0.25, 0.3) is 0 Å². The van der Waals surface area contributed by atoms with E-state index in [0.29, 0.717) is 14.9 Å². The molecule has 0 spiro atoms. The lowest BCUT2D eigenvalue weighted by molar-refractivity contribution is 0.0703. The van der Waals surface area contributed by atoms with Gasteiger partial charge in [-0.05, 0) is 37.6 Å². The van der Waals surface area contributed by atoms with Gasteiger partial charge in [0.1, 0.15) is 4.88 Å². The minimum absolute atomic E-state index is 0.0463. The Labute approximate surface area is 147 Å². The van der Waals surface area contributed by atoms with Crippen molar-refractivity contribution in [3.05, 3.63) is 39.2 Å². The van der Waals surface area contributed by atoms with Gasteiger partial charge in [0.2, 0.25) is 0 Å². The minimum atomic E-state index is -1.11. The molecule has 1 aromatic heterocycles. The predicted octanol–water partition coefficient (Wildman–Crippen LogP) is 4.95. The van der Waals surface area contributed by atoms with Crippen molar-refractivity contribution in [1.82, 2.24) is 5.32 Å². The molecule has 122 valence electrons. The van der Waals surface area contributed by atoms with Crippen LogP contribution in [0.2, 0.25) is 10.0 Å². The van der Waals surface area contributed by atoms with Gasteiger partial charge in [-0.15, -0.1) is 11.3 Å². The molecule has 1 aromatic carbocycles. The Bertz CT molecular complexity index is 759. The molecule has 5 nitrogen and oxygen atoms in total. The summed E-state index contributed by atoms with van der Waals surface area (Å²) in [6, 6.07) is 6.12. The smallest absolute Gasteiger partial charge is 0.348 e. The van der Waals surface area contributed by atoms with E-state index in [-0.39, 0.29) is 16.6 Å². The van der Waals surface area contributed by atoms with Crippen LogP contribution >= 0.6 is 34.5 Å². The van der Waals surface area contributed by atoms with Gasteiger partial charge >= 0.3 is 12.0 Å². The molecule has 0 aliphatic rings. The maximum atomic E-state index is 11.8. The lowest BCUT2D eigenvalue weighted by Crippen LogP contribution is -2.34. The molecule has 2 rings (SSSR count). The van der Waals surface area contributed by atoms with Crippen molar-refractivity contribution in [3.8, 4) is 10.4 Å². The van der Waals surface area contributed by atoms with Crippen LogP contribution in [0.5, 0.6) is 0 Å². The van der Waals surface area contributed by atoms with E-state index in [2.05, 4.69) is 10.6 Å². The molecule has 0 saturated heterocycles. The Morgan fingerprint density at radius 1 is 1.17 bits per heavy atom. The maximum Gasteiger partial charge on any atom is 0.348 e. The number of halogens is 2. The highest BCUT2D eigenvalue weighted by Gasteiger charge is 2.18. The van der Waals surface area contributed by atoms with Gasteiger partial charge in [-0.1, -0.05) is 29.3 Å². The summed E-state index contributed by atoms with van der Waals surface area (Å²) in [7, 11) is 0. The Morgan fingerprint density at radius 2 is 1.87 bits per heavy atom. The van der Waals surface area contributed by atoms with Crippen LogP contribution in [0.3, 0.4) is 0 Å². The van der Waals surface area contributed by atoms with E-state index in [9.17, 15) is 14.7 Å². The van der Waals surface area contributed by atoms with E-state index in [4.69, 9.17) is 23.2 Å². The van der Waals surface area contributed by atoms with Crippen molar-refractivity contribution in [1.29, 1.82) is 0 Å². The van der Waals surface area contributed by atoms with Gasteiger partial charge < -0.3 is 15.7 Å². The topological polar surface area (TPSA) is 78.4 Å². The van der Waals surface area contributed by atoms with Gasteiger partial charge in [-0.25, -0.2) is 9.59 Å². The van der Waals surface area contributed by atoms with Crippen LogP contribution in [0.1, 0.15) is 23.5 Å². The van der Waals surface area contributed by atoms with E-state index in [1.807, 2.05) is 13.8 Å². The first kappa shape index (κ1) is 17.6. The zero-order valence-corrected chi connectivity index (χ0v) is 14.6. The molecule has 2 aromatic rings. The highest BCUT2D eigenvalue weighted by atomic mass is 35.5. The lowest BCUT2D eigenvalue weighted by atomic mass is 10.2. The van der Waals surface area contributed by atoms with E-state index in [1.165, 1.54) is 0 Å². The SMILES string of the molecule is CC(C)NC(=O)Nc1cc(-c2ccc(Cl)c(Cl)c2)sc1C(=O)O. The third kappa shape index (κ3) is 4.37. The number of urea groups is 1. The number of hydrogen-bond donors (Lipinski definition) is 3. The highest BCUT2D eigenvalue weighted by Crippen LogP contribution is 2.37. The molecule has 0 fully saturated rings. The average molecular weight is 373 g/mol. The number of carboxylic acids is 1. The average Bonchev–Trinajstić information content (AvgIpc) is 2.84. The van der Waals surface area contributed by atoms with Crippen LogP contribution in [0.4, 0.5) is 10.5 Å². The van der Waals surface area contributed by atoms with Crippen molar-refractivity contribution < 1.29 is 14.7 Å². The second kappa shape index (κ2) is 7.21. The molecule has 0 unspecified atom stereocenters. The molecule has 0 bridgehead atoms. The molecule has 0 radical (unpaired) electrons. The standard InChI is InChI=1S/C15H14Cl2N2O3S/c1-7(2)18-15(22)19-11-6-12(23-13(11)14(20)21)8-3-4-9(16)10(17)5-8/h3-7H,1-2H3,(H,20,21)(H2,18,19,22). The number of carbonyl (C=O) groups is 2. The number of thiophene rings is 1. The number of benzene rings is 1. The third-order valence-corrected chi connectivity index (χ3v) is 4.71. The molecule has 8 heteroatoms. The largest absolute Gasteiger partial charge is 0.477 e. The van der Waals surface area contributed by atoms with Crippen LogP contribution < -0.4 is 10.6 Å². The fourth-order valence-corrected chi connectivity index (χ4v) is 3.10. The summed E-state index contributed by atoms with van der Waals surface area (Å²) in [5, 5.41) is 15.3. The maximum absolute atomic E-state index is 11.8. The number of anilines is 1. The molecular weight excluding hydrogens is 359 g/mol. The zero-order chi connectivity index (χ0) is 17.1. The number of nitrogens with one attached hydrogen (secondary N) is 2. The summed E-state index contributed by atoms with van der Waals surface area (Å²) < 4.78 is 0. The van der Waals surface area contributed by atoms with Crippen LogP contribution in [0, 0.1) is 0 Å². The van der Waals surface area contributed by atoms with E-state index in [0.717, 1.165) is 16.9 Å². The number of aromatic carboxylic acids is 1. The van der Waals surface area contributed by atoms with E-state index >= 15 is 0 Å². The summed E-state index contributed by atoms with van der Waals surface area (Å²) in [5.74, 6) is -1.11. The van der Waals surface area contributed by atoms with Gasteiger partial charge in [0.05, 0.1) is 15.7 Å². The van der Waals surface area contributed by atoms with Gasteiger partial charge in [-0.2, -0.15) is 0 Å². The minimum Gasteiger partial charge on any atom is -0.477 e. The summed E-state index contributed by atoms with van der Waals surface area (Å²) in [6.07, 6.45) is 0. The molecule has 0 aliphatic carbocycles. The molecule has 2 amide bonds. The van der Waals surface area contributed by atoms with E-state index < -0.39 is 12.0 Å². The van der Waals surface area contributed by atoms with Crippen LogP contribution in [-0.2, 0) is 0 Å². The van der Waals surface area contributed by atoms with Gasteiger partial charge in [-0.3, -0.25) is 0 Å². The fourth-order valence-electron chi connectivity index (χ4n) is 1.85. The van der Waals surface area contributed by atoms with Crippen molar-refractivity contribution in [2.75, 3.05) is 5.32 Å². The van der Waals surface area contributed by atoms with Gasteiger partial charge in [0.15, 0.2) is 0 Å². The number of carbonyl (C=O) groups excluding carboxylic acids is 1. The van der Waals surface area contributed by atoms with Crippen molar-refractivity contribution in [2.24, 2.45) is 0 Å². The van der Waals surface area contributed by atoms with Crippen molar-refractivity contribution in [3.63, 3.8) is 0 Å². The first-order valence-electron chi connectivity index (χ1n) is 6.68. The number of carboxylic acid groups (broad SMARTS) is 1. The zero-order valence-electron chi connectivity index (χ0n) is 12.3. The van der Waals surface area contributed by atoms with Crippen LogP contribution in [0.25, 0.3) is 10.4 Å². The monoisotopic (exact) mass is 372 g/mol. The molecule has 0 atom stereocenters. The molecule has 1 heterocycles. The molecule has 3 N–H and O–H groups in total. The molecule has 23 heavy (non-hydrogen) atoms. The Balaban J connectivity index is 2.36. The predicted molar refractivity (Wildman–Crippen MR) is 94.0 cm³/mol. The Kier molecular flexibility index (Phi) is 5.51. The summed E-state index contributed by atoms with van der Waals surface area (Å²) in [6.45, 7) is 3.62. The quantitative estimate of drug-likeness (QED) is 0.710. The Morgan fingerprint density at radius 3 is 2.43 bits per heavy atom. The number of amides is 2. The fraction of sp³-hybridized carbons (Fsp3) is 0.200. The highest BCUT2D eigenvalue weighted by molar-refractivity contribution is 7.18. The molecule has 0 saturated carbocycles. The number of rotatable bonds is 4. The van der Waals surface area contributed by atoms with Crippen molar-refractivity contribution in [2.45, 2.75) is 19.9 Å². The second-order valence-electron chi connectivity index (χ2n) is 5.04. The molecular formula is C15H14Cl2N2O3S. The van der Waals surface area contributed by atoms with Crippen molar-refractivity contribution >= 4 is 52.2 Å². The summed E-state index contributed by atoms with van der Waals surface area (Å²) in [4.78, 5) is 23.9. The second-order valence-corrected chi connectivity index (χ2v) is 6.91. The molecule has 0 aliphatic heterocycles.